The quantitative estimate of drug-likeness (QED) is 0.483. The fourth-order valence-electron chi connectivity index (χ4n) is 3.90. The van der Waals surface area contributed by atoms with Crippen molar-refractivity contribution in [3.63, 3.8) is 0 Å². The molecule has 0 saturated heterocycles. The Balaban J connectivity index is 1.93. The number of halogens is 1. The molecule has 3 aromatic rings. The van der Waals surface area contributed by atoms with Gasteiger partial charge in [-0.05, 0) is 30.3 Å². The monoisotopic (exact) mass is 380 g/mol. The molecular weight excluding hydrogens is 368 g/mol. The van der Waals surface area contributed by atoms with Crippen molar-refractivity contribution < 1.29 is 24.5 Å². The standard InChI is InChI=1S/C21H13ClO5/c22-10-13-17(24)8-7-16-19(13)26-18-9-11(23)5-6-15(18)21(16)14-4-2-1-3-12(14)20(25)27-21/h1-9,23-24H,10H2. The summed E-state index contributed by atoms with van der Waals surface area (Å²) in [6, 6.07) is 15.0. The zero-order valence-corrected chi connectivity index (χ0v) is 14.7. The molecule has 134 valence electrons. The first-order chi connectivity index (χ1) is 13.1. The third kappa shape index (κ3) is 1.97. The third-order valence-electron chi connectivity index (χ3n) is 5.08. The van der Waals surface area contributed by atoms with Crippen LogP contribution in [0.3, 0.4) is 0 Å². The second kappa shape index (κ2) is 5.41. The van der Waals surface area contributed by atoms with E-state index in [1.807, 2.05) is 12.1 Å². The van der Waals surface area contributed by atoms with Crippen molar-refractivity contribution in [2.24, 2.45) is 0 Å². The lowest BCUT2D eigenvalue weighted by Crippen LogP contribution is -2.33. The SMILES string of the molecule is O=C1OC2(c3ccc(O)cc3Oc3c2ccc(O)c3CCl)c2ccccc21. The van der Waals surface area contributed by atoms with Gasteiger partial charge in [0.2, 0.25) is 0 Å². The summed E-state index contributed by atoms with van der Waals surface area (Å²) in [6.45, 7) is 0. The number of hydrogen-bond donors (Lipinski definition) is 2. The van der Waals surface area contributed by atoms with E-state index in [1.54, 1.807) is 24.3 Å². The van der Waals surface area contributed by atoms with Crippen LogP contribution < -0.4 is 4.74 Å². The highest BCUT2D eigenvalue weighted by Gasteiger charge is 2.54. The van der Waals surface area contributed by atoms with Gasteiger partial charge < -0.3 is 19.7 Å². The lowest BCUT2D eigenvalue weighted by atomic mass is 9.77. The van der Waals surface area contributed by atoms with E-state index in [-0.39, 0.29) is 17.4 Å². The van der Waals surface area contributed by atoms with Gasteiger partial charge in [-0.15, -0.1) is 11.6 Å². The van der Waals surface area contributed by atoms with Gasteiger partial charge in [0.15, 0.2) is 5.60 Å². The number of phenols is 2. The summed E-state index contributed by atoms with van der Waals surface area (Å²) in [7, 11) is 0. The molecular formula is C21H13ClO5. The minimum absolute atomic E-state index is 0.00876. The smallest absolute Gasteiger partial charge is 0.340 e. The molecule has 1 unspecified atom stereocenters. The minimum Gasteiger partial charge on any atom is -0.508 e. The summed E-state index contributed by atoms with van der Waals surface area (Å²) in [5.74, 6) is 0.224. The van der Waals surface area contributed by atoms with Crippen LogP contribution in [-0.4, -0.2) is 16.2 Å². The number of esters is 1. The third-order valence-corrected chi connectivity index (χ3v) is 5.34. The molecule has 0 aliphatic carbocycles. The topological polar surface area (TPSA) is 76.0 Å². The minimum atomic E-state index is -1.24. The summed E-state index contributed by atoms with van der Waals surface area (Å²) in [5.41, 5.74) is 1.47. The Bertz CT molecular complexity index is 1120. The highest BCUT2D eigenvalue weighted by Crippen LogP contribution is 2.58. The van der Waals surface area contributed by atoms with Crippen LogP contribution >= 0.6 is 11.6 Å². The Morgan fingerprint density at radius 2 is 1.74 bits per heavy atom. The van der Waals surface area contributed by atoms with Crippen LogP contribution in [0.25, 0.3) is 0 Å². The number of carbonyl (C=O) groups is 1. The van der Waals surface area contributed by atoms with Crippen LogP contribution in [0.2, 0.25) is 0 Å². The fourth-order valence-corrected chi connectivity index (χ4v) is 4.16. The van der Waals surface area contributed by atoms with E-state index >= 15 is 0 Å². The van der Waals surface area contributed by atoms with Gasteiger partial charge in [0.1, 0.15) is 23.0 Å². The summed E-state index contributed by atoms with van der Waals surface area (Å²) in [5, 5.41) is 20.2. The Hall–Kier alpha value is -3.18. The van der Waals surface area contributed by atoms with E-state index in [0.29, 0.717) is 39.3 Å². The van der Waals surface area contributed by atoms with Gasteiger partial charge in [-0.2, -0.15) is 0 Å². The average Bonchev–Trinajstić information content (AvgIpc) is 2.95. The normalized spacial score (nSPS) is 19.1. The van der Waals surface area contributed by atoms with E-state index in [2.05, 4.69) is 0 Å². The number of benzene rings is 3. The fraction of sp³-hybridized carbons (Fsp3) is 0.0952. The Morgan fingerprint density at radius 1 is 0.963 bits per heavy atom. The van der Waals surface area contributed by atoms with Crippen LogP contribution in [0.1, 0.15) is 32.6 Å². The maximum atomic E-state index is 12.7. The number of hydrogen-bond acceptors (Lipinski definition) is 5. The van der Waals surface area contributed by atoms with E-state index < -0.39 is 11.6 Å². The summed E-state index contributed by atoms with van der Waals surface area (Å²) in [6.07, 6.45) is 0. The van der Waals surface area contributed by atoms with E-state index in [0.717, 1.165) is 0 Å². The van der Waals surface area contributed by atoms with Crippen molar-refractivity contribution in [2.75, 3.05) is 0 Å². The highest BCUT2D eigenvalue weighted by molar-refractivity contribution is 6.17. The van der Waals surface area contributed by atoms with Crippen molar-refractivity contribution in [1.29, 1.82) is 0 Å². The first-order valence-electron chi connectivity index (χ1n) is 8.31. The number of alkyl halides is 1. The van der Waals surface area contributed by atoms with Crippen molar-refractivity contribution in [2.45, 2.75) is 11.5 Å². The number of fused-ring (bicyclic) bond motifs is 6. The summed E-state index contributed by atoms with van der Waals surface area (Å²) >= 11 is 6.05. The van der Waals surface area contributed by atoms with E-state index in [4.69, 9.17) is 21.1 Å². The number of aromatic hydroxyl groups is 2. The zero-order chi connectivity index (χ0) is 18.8. The van der Waals surface area contributed by atoms with Gasteiger partial charge in [0.25, 0.3) is 0 Å². The molecule has 2 N–H and O–H groups in total. The van der Waals surface area contributed by atoms with Crippen molar-refractivity contribution in [1.82, 2.24) is 0 Å². The molecule has 3 aromatic carbocycles. The van der Waals surface area contributed by atoms with E-state index in [1.165, 1.54) is 18.2 Å². The molecule has 1 spiro atoms. The Morgan fingerprint density at radius 3 is 2.56 bits per heavy atom. The van der Waals surface area contributed by atoms with Crippen LogP contribution in [0.5, 0.6) is 23.0 Å². The van der Waals surface area contributed by atoms with Gasteiger partial charge in [0, 0.05) is 22.8 Å². The molecule has 0 amide bonds. The first-order valence-corrected chi connectivity index (χ1v) is 8.85. The molecule has 27 heavy (non-hydrogen) atoms. The lowest BCUT2D eigenvalue weighted by Gasteiger charge is -2.37. The molecule has 0 saturated carbocycles. The molecule has 5 rings (SSSR count). The highest BCUT2D eigenvalue weighted by atomic mass is 35.5. The number of carbonyl (C=O) groups excluding carboxylic acids is 1. The molecule has 5 nitrogen and oxygen atoms in total. The van der Waals surface area contributed by atoms with Crippen LogP contribution in [-0.2, 0) is 16.2 Å². The van der Waals surface area contributed by atoms with Crippen LogP contribution in [0.4, 0.5) is 0 Å². The molecule has 0 radical (unpaired) electrons. The number of phenolic OH excluding ortho intramolecular Hbond substituents is 2. The predicted octanol–water partition coefficient (Wildman–Crippen LogP) is 4.40. The van der Waals surface area contributed by atoms with Crippen molar-refractivity contribution >= 4 is 17.6 Å². The number of rotatable bonds is 1. The average molecular weight is 381 g/mol. The van der Waals surface area contributed by atoms with Gasteiger partial charge in [-0.1, -0.05) is 18.2 Å². The second-order valence-electron chi connectivity index (χ2n) is 6.47. The molecule has 0 fully saturated rings. The van der Waals surface area contributed by atoms with Gasteiger partial charge in [0.05, 0.1) is 17.0 Å². The molecule has 0 bridgehead atoms. The molecule has 2 aliphatic heterocycles. The lowest BCUT2D eigenvalue weighted by molar-refractivity contribution is 0.0223. The second-order valence-corrected chi connectivity index (χ2v) is 6.74. The first kappa shape index (κ1) is 16.0. The number of ether oxygens (including phenoxy) is 2. The van der Waals surface area contributed by atoms with Crippen LogP contribution in [0, 0.1) is 0 Å². The zero-order valence-electron chi connectivity index (χ0n) is 13.9. The van der Waals surface area contributed by atoms with Gasteiger partial charge in [-0.25, -0.2) is 4.79 Å². The Labute approximate surface area is 159 Å². The summed E-state index contributed by atoms with van der Waals surface area (Å²) in [4.78, 5) is 12.7. The van der Waals surface area contributed by atoms with Crippen molar-refractivity contribution in [3.05, 3.63) is 82.4 Å². The largest absolute Gasteiger partial charge is 0.508 e. The van der Waals surface area contributed by atoms with Crippen LogP contribution in [0.15, 0.2) is 54.6 Å². The predicted molar refractivity (Wildman–Crippen MR) is 97.6 cm³/mol. The maximum Gasteiger partial charge on any atom is 0.340 e. The van der Waals surface area contributed by atoms with Gasteiger partial charge in [-0.3, -0.25) is 0 Å². The maximum absolute atomic E-state index is 12.7. The Kier molecular flexibility index (Phi) is 3.21. The summed E-state index contributed by atoms with van der Waals surface area (Å²) < 4.78 is 12.0. The molecule has 2 aliphatic rings. The van der Waals surface area contributed by atoms with E-state index in [9.17, 15) is 15.0 Å². The molecule has 0 aromatic heterocycles. The van der Waals surface area contributed by atoms with Gasteiger partial charge >= 0.3 is 5.97 Å². The molecule has 1 atom stereocenters. The molecule has 2 heterocycles. The van der Waals surface area contributed by atoms with Crippen molar-refractivity contribution in [3.8, 4) is 23.0 Å². The molecule has 6 heteroatoms.